The van der Waals surface area contributed by atoms with Gasteiger partial charge in [-0.3, -0.25) is 4.98 Å². The van der Waals surface area contributed by atoms with E-state index in [0.717, 1.165) is 43.5 Å². The Hall–Kier alpha value is -2.88. The molecule has 0 amide bonds. The molecule has 0 radical (unpaired) electrons. The average molecular weight is 438 g/mol. The lowest BCUT2D eigenvalue weighted by Crippen LogP contribution is -2.18. The van der Waals surface area contributed by atoms with Gasteiger partial charge in [-0.15, -0.1) is 0 Å². The molecular formula is C25H25F3N4. The average Bonchev–Trinajstić information content (AvgIpc) is 3.40. The van der Waals surface area contributed by atoms with Crippen LogP contribution in [-0.4, -0.2) is 14.5 Å². The summed E-state index contributed by atoms with van der Waals surface area (Å²) in [4.78, 5) is 8.82. The maximum atomic E-state index is 13.3. The predicted octanol–water partition coefficient (Wildman–Crippen LogP) is 6.69. The van der Waals surface area contributed by atoms with Crippen LogP contribution in [-0.2, 0) is 12.6 Å². The molecule has 5 rings (SSSR count). The van der Waals surface area contributed by atoms with Crippen molar-refractivity contribution in [2.24, 2.45) is 11.3 Å². The minimum absolute atomic E-state index is 0.121. The molecule has 3 aromatic heterocycles. The smallest absolute Gasteiger partial charge is 0.320 e. The number of hydrogen-bond acceptors (Lipinski definition) is 3. The van der Waals surface area contributed by atoms with Crippen LogP contribution in [0.4, 0.5) is 13.2 Å². The van der Waals surface area contributed by atoms with Crippen molar-refractivity contribution >= 4 is 11.0 Å². The van der Waals surface area contributed by atoms with E-state index >= 15 is 0 Å². The van der Waals surface area contributed by atoms with Crippen LogP contribution in [0.3, 0.4) is 0 Å². The molecule has 0 saturated heterocycles. The van der Waals surface area contributed by atoms with Crippen LogP contribution in [0.2, 0.25) is 0 Å². The zero-order valence-corrected chi connectivity index (χ0v) is 18.2. The van der Waals surface area contributed by atoms with Crippen LogP contribution in [0.25, 0.3) is 22.4 Å². The van der Waals surface area contributed by atoms with Crippen molar-refractivity contribution in [2.45, 2.75) is 64.6 Å². The highest BCUT2D eigenvalue weighted by Crippen LogP contribution is 2.52. The summed E-state index contributed by atoms with van der Waals surface area (Å²) in [7, 11) is 0. The van der Waals surface area contributed by atoms with Gasteiger partial charge in [-0.05, 0) is 67.6 Å². The van der Waals surface area contributed by atoms with Crippen LogP contribution >= 0.6 is 0 Å². The van der Waals surface area contributed by atoms with Crippen LogP contribution in [0.1, 0.15) is 68.7 Å². The van der Waals surface area contributed by atoms with Gasteiger partial charge in [0, 0.05) is 23.8 Å². The molecule has 0 spiro atoms. The third-order valence-corrected chi connectivity index (χ3v) is 7.56. The van der Waals surface area contributed by atoms with Crippen molar-refractivity contribution in [3.05, 3.63) is 47.3 Å². The molecule has 3 heterocycles. The molecule has 0 bridgehead atoms. The number of halogens is 3. The van der Waals surface area contributed by atoms with Gasteiger partial charge in [0.1, 0.15) is 11.7 Å². The van der Waals surface area contributed by atoms with Crippen molar-refractivity contribution < 1.29 is 13.2 Å². The van der Waals surface area contributed by atoms with Gasteiger partial charge < -0.3 is 4.57 Å². The molecule has 32 heavy (non-hydrogen) atoms. The SMILES string of the molecule is CC(Cc1ccc(-c2c(C#N)c3cc(C(F)(F)F)cnc3n2C2CCC2)nc1)C1(C)CC1. The van der Waals surface area contributed by atoms with Crippen LogP contribution in [0.15, 0.2) is 30.6 Å². The molecule has 7 heteroatoms. The number of nitrogens with zero attached hydrogens (tertiary/aromatic N) is 4. The van der Waals surface area contributed by atoms with Crippen LogP contribution in [0, 0.1) is 22.7 Å². The van der Waals surface area contributed by atoms with Gasteiger partial charge >= 0.3 is 6.18 Å². The van der Waals surface area contributed by atoms with E-state index in [-0.39, 0.29) is 17.0 Å². The van der Waals surface area contributed by atoms with E-state index in [9.17, 15) is 18.4 Å². The summed E-state index contributed by atoms with van der Waals surface area (Å²) >= 11 is 0. The molecule has 1 atom stereocenters. The second-order valence-electron chi connectivity index (χ2n) is 9.69. The van der Waals surface area contributed by atoms with Gasteiger partial charge in [-0.25, -0.2) is 4.98 Å². The Kier molecular flexibility index (Phi) is 4.81. The molecule has 2 fully saturated rings. The quantitative estimate of drug-likeness (QED) is 0.446. The Bertz CT molecular complexity index is 1210. The first-order valence-electron chi connectivity index (χ1n) is 11.2. The second kappa shape index (κ2) is 7.33. The lowest BCUT2D eigenvalue weighted by atomic mass is 9.87. The zero-order valence-electron chi connectivity index (χ0n) is 18.2. The predicted molar refractivity (Wildman–Crippen MR) is 116 cm³/mol. The van der Waals surface area contributed by atoms with Gasteiger partial charge in [0.25, 0.3) is 0 Å². The van der Waals surface area contributed by atoms with Crippen molar-refractivity contribution in [1.29, 1.82) is 5.26 Å². The van der Waals surface area contributed by atoms with Gasteiger partial charge in [0.2, 0.25) is 0 Å². The van der Waals surface area contributed by atoms with E-state index in [4.69, 9.17) is 0 Å². The third-order valence-electron chi connectivity index (χ3n) is 7.56. The Labute approximate surface area is 185 Å². The molecule has 0 aliphatic heterocycles. The number of aromatic nitrogens is 3. The van der Waals surface area contributed by atoms with E-state index in [0.29, 0.717) is 28.4 Å². The fourth-order valence-corrected chi connectivity index (χ4v) is 4.68. The number of rotatable bonds is 5. The standard InChI is InChI=1S/C25H25F3N4/c1-15(24(2)8-9-24)10-16-6-7-21(30-13-16)22-20(12-29)19-11-17(25(26,27)28)14-31-23(19)32(22)18-4-3-5-18/h6-7,11,13-15,18H,3-5,8-10H2,1-2H3. The first kappa shape index (κ1) is 21.0. The highest BCUT2D eigenvalue weighted by atomic mass is 19.4. The maximum absolute atomic E-state index is 13.3. The summed E-state index contributed by atoms with van der Waals surface area (Å²) in [6.45, 7) is 4.59. The highest BCUT2D eigenvalue weighted by molar-refractivity contribution is 5.92. The highest BCUT2D eigenvalue weighted by Gasteiger charge is 2.42. The minimum atomic E-state index is -4.51. The van der Waals surface area contributed by atoms with Gasteiger partial charge in [-0.2, -0.15) is 18.4 Å². The lowest BCUT2D eigenvalue weighted by molar-refractivity contribution is -0.137. The number of pyridine rings is 2. The summed E-state index contributed by atoms with van der Waals surface area (Å²) in [6, 6.07) is 7.24. The fraction of sp³-hybridized carbons (Fsp3) is 0.480. The molecule has 0 aromatic carbocycles. The monoisotopic (exact) mass is 438 g/mol. The van der Waals surface area contributed by atoms with Crippen molar-refractivity contribution in [3.63, 3.8) is 0 Å². The van der Waals surface area contributed by atoms with Crippen LogP contribution < -0.4 is 0 Å². The topological polar surface area (TPSA) is 54.5 Å². The summed E-state index contributed by atoms with van der Waals surface area (Å²) in [5.74, 6) is 0.566. The molecular weight excluding hydrogens is 413 g/mol. The lowest BCUT2D eigenvalue weighted by Gasteiger charge is -2.29. The third kappa shape index (κ3) is 3.46. The number of alkyl halides is 3. The normalized spacial score (nSPS) is 18.9. The van der Waals surface area contributed by atoms with Gasteiger partial charge in [-0.1, -0.05) is 19.9 Å². The van der Waals surface area contributed by atoms with Crippen molar-refractivity contribution in [1.82, 2.24) is 14.5 Å². The fourth-order valence-electron chi connectivity index (χ4n) is 4.68. The van der Waals surface area contributed by atoms with E-state index in [1.54, 1.807) is 0 Å². The van der Waals surface area contributed by atoms with Gasteiger partial charge in [0.15, 0.2) is 0 Å². The Balaban J connectivity index is 1.60. The van der Waals surface area contributed by atoms with E-state index in [1.807, 2.05) is 22.9 Å². The zero-order chi connectivity index (χ0) is 22.7. The van der Waals surface area contributed by atoms with E-state index < -0.39 is 11.7 Å². The molecule has 2 aliphatic carbocycles. The Morgan fingerprint density at radius 3 is 2.50 bits per heavy atom. The summed E-state index contributed by atoms with van der Waals surface area (Å²) in [6.07, 6.45) is 4.54. The Morgan fingerprint density at radius 2 is 1.97 bits per heavy atom. The van der Waals surface area contributed by atoms with Crippen molar-refractivity contribution in [2.75, 3.05) is 0 Å². The number of hydrogen-bond donors (Lipinski definition) is 0. The first-order chi connectivity index (χ1) is 15.2. The number of fused-ring (bicyclic) bond motifs is 1. The van der Waals surface area contributed by atoms with E-state index in [1.165, 1.54) is 12.8 Å². The number of nitriles is 1. The molecule has 3 aromatic rings. The molecule has 2 saturated carbocycles. The molecule has 1 unspecified atom stereocenters. The van der Waals surface area contributed by atoms with E-state index in [2.05, 4.69) is 29.9 Å². The summed E-state index contributed by atoms with van der Waals surface area (Å²) < 4.78 is 41.9. The largest absolute Gasteiger partial charge is 0.417 e. The Morgan fingerprint density at radius 1 is 1.22 bits per heavy atom. The van der Waals surface area contributed by atoms with Crippen molar-refractivity contribution in [3.8, 4) is 17.5 Å². The van der Waals surface area contributed by atoms with Crippen LogP contribution in [0.5, 0.6) is 0 Å². The second-order valence-corrected chi connectivity index (χ2v) is 9.69. The summed E-state index contributed by atoms with van der Waals surface area (Å²) in [5.41, 5.74) is 2.54. The minimum Gasteiger partial charge on any atom is -0.320 e. The molecule has 4 nitrogen and oxygen atoms in total. The maximum Gasteiger partial charge on any atom is 0.417 e. The van der Waals surface area contributed by atoms with Gasteiger partial charge in [0.05, 0.1) is 22.5 Å². The molecule has 166 valence electrons. The molecule has 2 aliphatic rings. The first-order valence-corrected chi connectivity index (χ1v) is 11.2. The summed E-state index contributed by atoms with van der Waals surface area (Å²) in [5, 5.41) is 10.2. The molecule has 0 N–H and O–H groups in total.